The molecule has 8 bridgehead atoms. The number of fused-ring (bicyclic) bond motifs is 10. The summed E-state index contributed by atoms with van der Waals surface area (Å²) in [6.07, 6.45) is 3.43. The maximum atomic E-state index is 15.9. The van der Waals surface area contributed by atoms with Gasteiger partial charge < -0.3 is 27.6 Å². The third-order valence-electron chi connectivity index (χ3n) is 17.3. The van der Waals surface area contributed by atoms with Gasteiger partial charge in [0.25, 0.3) is 0 Å². The summed E-state index contributed by atoms with van der Waals surface area (Å²) in [5.74, 6) is 1.39. The first kappa shape index (κ1) is 66.4. The Morgan fingerprint density at radius 1 is 0.393 bits per heavy atom. The largest absolute Gasteiger partial charge is 0.493 e. The molecule has 0 aliphatic heterocycles. The SMILES string of the molecule is CCCOc1c2cc(C(C)(C)C)cc1Cc1cc(C(C)(C)C)cc(c1OS(=O)(=O)c1cccc3c(N(C)C)cccc13)C(CCC)c1cc(C(C)(C)C)cc(c1OCCC)Cc1cc(C(C)(C)C)cc(c1OS(=O)(=O)c1cccc3c(N(C)C)cccc13)C2. The number of benzene rings is 8. The summed E-state index contributed by atoms with van der Waals surface area (Å²) in [6, 6.07) is 39.8. The van der Waals surface area contributed by atoms with Gasteiger partial charge in [0.1, 0.15) is 32.8 Å². The quantitative estimate of drug-likeness (QED) is 0.0867. The van der Waals surface area contributed by atoms with Gasteiger partial charge in [0.05, 0.1) is 13.2 Å². The zero-order chi connectivity index (χ0) is 64.9. The molecule has 0 radical (unpaired) electrons. The maximum absolute atomic E-state index is 15.9. The second-order valence-electron chi connectivity index (χ2n) is 29.0. The van der Waals surface area contributed by atoms with Crippen molar-refractivity contribution in [3.8, 4) is 23.0 Å². The third kappa shape index (κ3) is 14.0. The van der Waals surface area contributed by atoms with Gasteiger partial charge in [-0.1, -0.05) is 207 Å². The average molecular weight is 1240 g/mol. The van der Waals surface area contributed by atoms with Crippen LogP contribution in [0, 0.1) is 0 Å². The van der Waals surface area contributed by atoms with Crippen LogP contribution >= 0.6 is 0 Å². The molecule has 8 aromatic carbocycles. The molecule has 0 saturated heterocycles. The summed E-state index contributed by atoms with van der Waals surface area (Å²) in [5, 5.41) is 2.71. The van der Waals surface area contributed by atoms with Crippen molar-refractivity contribution in [2.75, 3.05) is 51.2 Å². The molecule has 8 aromatic rings. The van der Waals surface area contributed by atoms with E-state index in [9.17, 15) is 0 Å². The molecule has 0 amide bonds. The van der Waals surface area contributed by atoms with E-state index in [0.717, 1.165) is 78.6 Å². The third-order valence-corrected chi connectivity index (χ3v) is 19.9. The predicted octanol–water partition coefficient (Wildman–Crippen LogP) is 18.4. The molecule has 1 atom stereocenters. The van der Waals surface area contributed by atoms with Crippen molar-refractivity contribution in [1.82, 2.24) is 0 Å². The lowest BCUT2D eigenvalue weighted by Crippen LogP contribution is -2.20. The van der Waals surface area contributed by atoms with E-state index >= 15 is 16.8 Å². The number of hydrogen-bond acceptors (Lipinski definition) is 10. The summed E-state index contributed by atoms with van der Waals surface area (Å²) in [6.45, 7) is 33.5. The lowest BCUT2D eigenvalue weighted by atomic mass is 9.76. The van der Waals surface area contributed by atoms with Crippen molar-refractivity contribution in [1.29, 1.82) is 0 Å². The summed E-state index contributed by atoms with van der Waals surface area (Å²) in [4.78, 5) is 4.13. The van der Waals surface area contributed by atoms with Crippen molar-refractivity contribution in [2.24, 2.45) is 0 Å². The molecule has 0 saturated carbocycles. The molecule has 1 unspecified atom stereocenters. The molecule has 0 heterocycles. The van der Waals surface area contributed by atoms with Gasteiger partial charge in [0.2, 0.25) is 0 Å². The topological polar surface area (TPSA) is 112 Å². The van der Waals surface area contributed by atoms with E-state index in [-0.39, 0.29) is 46.0 Å². The molecule has 0 N–H and O–H groups in total. The first-order valence-electron chi connectivity index (χ1n) is 31.9. The smallest absolute Gasteiger partial charge is 0.339 e. The van der Waals surface area contributed by atoms with Crippen LogP contribution in [0.1, 0.15) is 202 Å². The second kappa shape index (κ2) is 25.3. The standard InChI is InChI=1S/C77H96N2O8S2/c1-20-27-59-64-47-57(76(10,11)12)45-53(72(64)85-37-22-3)40-52-44-56(75(7,8)9)43-51(71(52)86-88(80,81)68-34-25-28-60-62(68)30-23-32-66(60)78(16)17)38-49-41-55(74(4,5)6)42-50(70(49)84-36-21-2)39-54-46-58(77(13,14)15)48-65(59)73(54)87-89(82,83)69-35-26-29-61-63(69)31-24-33-67(61)79(18)19/h23-26,28-35,41-48,59H,20-22,27,36-40H2,1-19H3. The Hall–Kier alpha value is -7.02. The van der Waals surface area contributed by atoms with Crippen molar-refractivity contribution < 1.29 is 34.7 Å². The van der Waals surface area contributed by atoms with E-state index in [0.29, 0.717) is 71.4 Å². The Labute approximate surface area is 533 Å². The van der Waals surface area contributed by atoms with Crippen LogP contribution in [0.3, 0.4) is 0 Å². The molecule has 1 aliphatic rings. The predicted molar refractivity (Wildman–Crippen MR) is 369 cm³/mol. The van der Waals surface area contributed by atoms with Gasteiger partial charge in [-0.3, -0.25) is 0 Å². The van der Waals surface area contributed by atoms with Crippen LogP contribution in [0.15, 0.2) is 131 Å². The highest BCUT2D eigenvalue weighted by atomic mass is 32.2. The van der Waals surface area contributed by atoms with E-state index in [4.69, 9.17) is 17.8 Å². The number of rotatable bonds is 16. The first-order valence-corrected chi connectivity index (χ1v) is 34.7. The summed E-state index contributed by atoms with van der Waals surface area (Å²) < 4.78 is 91.5. The van der Waals surface area contributed by atoms with Gasteiger partial charge in [0, 0.05) is 114 Å². The van der Waals surface area contributed by atoms with Crippen molar-refractivity contribution in [3.05, 3.63) is 188 Å². The number of nitrogens with zero attached hydrogens (tertiary/aromatic N) is 2. The molecule has 89 heavy (non-hydrogen) atoms. The molecule has 0 aromatic heterocycles. The fourth-order valence-corrected chi connectivity index (χ4v) is 14.8. The zero-order valence-corrected chi connectivity index (χ0v) is 58.1. The lowest BCUT2D eigenvalue weighted by Gasteiger charge is -2.32. The fraction of sp³-hybridized carbons (Fsp3) is 0.429. The van der Waals surface area contributed by atoms with Crippen molar-refractivity contribution in [3.63, 3.8) is 0 Å². The first-order chi connectivity index (χ1) is 41.7. The minimum atomic E-state index is -4.58. The van der Waals surface area contributed by atoms with Crippen molar-refractivity contribution >= 4 is 53.2 Å². The second-order valence-corrected chi connectivity index (χ2v) is 32.1. The van der Waals surface area contributed by atoms with Gasteiger partial charge in [-0.25, -0.2) is 0 Å². The molecule has 0 fully saturated rings. The number of hydrogen-bond donors (Lipinski definition) is 0. The Kier molecular flexibility index (Phi) is 18.9. The van der Waals surface area contributed by atoms with Gasteiger partial charge in [-0.15, -0.1) is 0 Å². The summed E-state index contributed by atoms with van der Waals surface area (Å²) >= 11 is 0. The highest BCUT2D eigenvalue weighted by Gasteiger charge is 2.36. The average Bonchev–Trinajstić information content (AvgIpc) is 0.797. The summed E-state index contributed by atoms with van der Waals surface area (Å²) in [7, 11) is -1.32. The zero-order valence-electron chi connectivity index (χ0n) is 56.5. The van der Waals surface area contributed by atoms with Crippen LogP contribution in [0.25, 0.3) is 21.5 Å². The molecule has 1 aliphatic carbocycles. The molecule has 12 heteroatoms. The lowest BCUT2D eigenvalue weighted by molar-refractivity contribution is 0.309. The highest BCUT2D eigenvalue weighted by Crippen LogP contribution is 2.50. The highest BCUT2D eigenvalue weighted by molar-refractivity contribution is 7.87. The van der Waals surface area contributed by atoms with E-state index in [1.54, 1.807) is 24.3 Å². The molecule has 10 nitrogen and oxygen atoms in total. The van der Waals surface area contributed by atoms with Gasteiger partial charge >= 0.3 is 20.2 Å². The Morgan fingerprint density at radius 3 is 1.08 bits per heavy atom. The number of anilines is 2. The van der Waals surface area contributed by atoms with Gasteiger partial charge in [0.15, 0.2) is 0 Å². The van der Waals surface area contributed by atoms with Crippen LogP contribution in [-0.4, -0.2) is 58.2 Å². The van der Waals surface area contributed by atoms with Crippen LogP contribution in [0.4, 0.5) is 11.4 Å². The number of ether oxygens (including phenoxy) is 2. The normalized spacial score (nSPS) is 14.2. The minimum Gasteiger partial charge on any atom is -0.493 e. The van der Waals surface area contributed by atoms with E-state index in [2.05, 4.69) is 152 Å². The molecule has 474 valence electrons. The van der Waals surface area contributed by atoms with E-state index in [1.165, 1.54) is 0 Å². The van der Waals surface area contributed by atoms with E-state index in [1.807, 2.05) is 86.5 Å². The van der Waals surface area contributed by atoms with Crippen molar-refractivity contribution in [2.45, 2.75) is 186 Å². The Balaban J connectivity index is 1.46. The van der Waals surface area contributed by atoms with Crippen LogP contribution in [-0.2, 0) is 61.2 Å². The molecular weight excluding hydrogens is 1140 g/mol. The van der Waals surface area contributed by atoms with Crippen LogP contribution in [0.2, 0.25) is 0 Å². The maximum Gasteiger partial charge on any atom is 0.339 e. The minimum absolute atomic E-state index is 0.0718. The van der Waals surface area contributed by atoms with Crippen LogP contribution < -0.4 is 27.6 Å². The van der Waals surface area contributed by atoms with Gasteiger partial charge in [-0.2, -0.15) is 16.8 Å². The summed E-state index contributed by atoms with van der Waals surface area (Å²) in [5.41, 5.74) is 10.6. The molecule has 0 spiro atoms. The van der Waals surface area contributed by atoms with E-state index < -0.39 is 42.4 Å². The Morgan fingerprint density at radius 2 is 0.708 bits per heavy atom. The monoisotopic (exact) mass is 1240 g/mol. The Bertz CT molecular complexity index is 4190. The van der Waals surface area contributed by atoms with Gasteiger partial charge in [-0.05, 0) is 104 Å². The fourth-order valence-electron chi connectivity index (χ4n) is 12.4. The van der Waals surface area contributed by atoms with Crippen LogP contribution in [0.5, 0.6) is 23.0 Å². The molecular formula is C77H96N2O8S2. The molecule has 9 rings (SSSR count).